The SMILES string of the molecule is Cc1ccc(-c2csc3ncn(CCC(=O)NC4CCC(O)CC4)c(=O)c23)cc1. The standard InChI is InChI=1S/C22H25N3O3S/c1-14-2-4-15(5-3-14)18-12-29-21-20(18)22(28)25(13-23-21)11-10-19(27)24-16-6-8-17(26)9-7-16/h2-5,12-13,16-17,26H,6-11H2,1H3,(H,24,27). The summed E-state index contributed by atoms with van der Waals surface area (Å²) in [5, 5.41) is 15.2. The maximum absolute atomic E-state index is 13.1. The highest BCUT2D eigenvalue weighted by atomic mass is 32.1. The van der Waals surface area contributed by atoms with Crippen molar-refractivity contribution < 1.29 is 9.90 Å². The number of rotatable bonds is 5. The van der Waals surface area contributed by atoms with Crippen molar-refractivity contribution in [2.75, 3.05) is 0 Å². The van der Waals surface area contributed by atoms with E-state index in [-0.39, 0.29) is 30.0 Å². The summed E-state index contributed by atoms with van der Waals surface area (Å²) in [5.74, 6) is -0.0672. The van der Waals surface area contributed by atoms with Gasteiger partial charge in [-0.15, -0.1) is 11.3 Å². The van der Waals surface area contributed by atoms with Gasteiger partial charge in [-0.2, -0.15) is 0 Å². The van der Waals surface area contributed by atoms with Gasteiger partial charge in [0.05, 0.1) is 17.8 Å². The average Bonchev–Trinajstić information content (AvgIpc) is 3.15. The van der Waals surface area contributed by atoms with Gasteiger partial charge in [0.1, 0.15) is 4.83 Å². The maximum atomic E-state index is 13.1. The predicted octanol–water partition coefficient (Wildman–Crippen LogP) is 3.24. The lowest BCUT2D eigenvalue weighted by Gasteiger charge is -2.26. The number of nitrogens with one attached hydrogen (secondary N) is 1. The van der Waals surface area contributed by atoms with E-state index in [1.54, 1.807) is 0 Å². The molecule has 0 radical (unpaired) electrons. The van der Waals surface area contributed by atoms with E-state index in [1.807, 2.05) is 36.6 Å². The largest absolute Gasteiger partial charge is 0.393 e. The molecule has 6 nitrogen and oxygen atoms in total. The van der Waals surface area contributed by atoms with Gasteiger partial charge in [0.25, 0.3) is 5.56 Å². The molecule has 1 aliphatic rings. The number of thiophene rings is 1. The van der Waals surface area contributed by atoms with Gasteiger partial charge in [0.15, 0.2) is 0 Å². The Hall–Kier alpha value is -2.51. The van der Waals surface area contributed by atoms with Crippen molar-refractivity contribution in [3.05, 3.63) is 51.9 Å². The molecule has 0 aliphatic heterocycles. The highest BCUT2D eigenvalue weighted by Crippen LogP contribution is 2.30. The van der Waals surface area contributed by atoms with Crippen LogP contribution in [0.3, 0.4) is 0 Å². The Bertz CT molecular complexity index is 1060. The second kappa shape index (κ2) is 8.47. The van der Waals surface area contributed by atoms with Gasteiger partial charge in [-0.25, -0.2) is 4.98 Å². The molecule has 152 valence electrons. The first-order valence-electron chi connectivity index (χ1n) is 10.0. The third-order valence-electron chi connectivity index (χ3n) is 5.56. The number of aryl methyl sites for hydroxylation is 2. The number of amides is 1. The van der Waals surface area contributed by atoms with Crippen molar-refractivity contribution >= 4 is 27.5 Å². The Morgan fingerprint density at radius 2 is 1.97 bits per heavy atom. The van der Waals surface area contributed by atoms with Crippen LogP contribution >= 0.6 is 11.3 Å². The average molecular weight is 412 g/mol. The minimum Gasteiger partial charge on any atom is -0.393 e. The third kappa shape index (κ3) is 4.41. The predicted molar refractivity (Wildman–Crippen MR) is 115 cm³/mol. The first-order chi connectivity index (χ1) is 14.0. The zero-order valence-electron chi connectivity index (χ0n) is 16.4. The smallest absolute Gasteiger partial charge is 0.262 e. The van der Waals surface area contributed by atoms with E-state index in [2.05, 4.69) is 10.3 Å². The molecule has 0 saturated heterocycles. The van der Waals surface area contributed by atoms with Crippen LogP contribution in [0.1, 0.15) is 37.7 Å². The number of hydrogen-bond donors (Lipinski definition) is 2. The molecule has 2 N–H and O–H groups in total. The second-order valence-electron chi connectivity index (χ2n) is 7.76. The van der Waals surface area contributed by atoms with Crippen LogP contribution in [-0.2, 0) is 11.3 Å². The van der Waals surface area contributed by atoms with Crippen LogP contribution in [0, 0.1) is 6.92 Å². The van der Waals surface area contributed by atoms with E-state index >= 15 is 0 Å². The molecule has 2 aromatic heterocycles. The van der Waals surface area contributed by atoms with Gasteiger partial charge >= 0.3 is 0 Å². The molecule has 3 aromatic rings. The number of aliphatic hydroxyl groups excluding tert-OH is 1. The van der Waals surface area contributed by atoms with Gasteiger partial charge in [-0.1, -0.05) is 29.8 Å². The number of fused-ring (bicyclic) bond motifs is 1. The first kappa shape index (κ1) is 19.8. The number of benzene rings is 1. The van der Waals surface area contributed by atoms with E-state index in [9.17, 15) is 14.7 Å². The van der Waals surface area contributed by atoms with Gasteiger partial charge < -0.3 is 10.4 Å². The summed E-state index contributed by atoms with van der Waals surface area (Å²) in [6.07, 6.45) is 4.58. The van der Waals surface area contributed by atoms with E-state index in [1.165, 1.54) is 27.8 Å². The molecule has 1 saturated carbocycles. The fourth-order valence-electron chi connectivity index (χ4n) is 3.81. The number of aliphatic hydroxyl groups is 1. The molecule has 0 bridgehead atoms. The van der Waals surface area contributed by atoms with Crippen LogP contribution in [0.25, 0.3) is 21.3 Å². The first-order valence-corrected chi connectivity index (χ1v) is 10.9. The number of nitrogens with zero attached hydrogens (tertiary/aromatic N) is 2. The molecule has 0 spiro atoms. The van der Waals surface area contributed by atoms with E-state index in [4.69, 9.17) is 0 Å². The topological polar surface area (TPSA) is 84.2 Å². The summed E-state index contributed by atoms with van der Waals surface area (Å²) >= 11 is 1.46. The summed E-state index contributed by atoms with van der Waals surface area (Å²) in [6.45, 7) is 2.33. The lowest BCUT2D eigenvalue weighted by Crippen LogP contribution is -2.39. The maximum Gasteiger partial charge on any atom is 0.262 e. The van der Waals surface area contributed by atoms with Crippen molar-refractivity contribution in [3.8, 4) is 11.1 Å². The van der Waals surface area contributed by atoms with Crippen LogP contribution in [0.15, 0.2) is 40.8 Å². The molecule has 7 heteroatoms. The lowest BCUT2D eigenvalue weighted by molar-refractivity contribution is -0.122. The summed E-state index contributed by atoms with van der Waals surface area (Å²) < 4.78 is 1.52. The van der Waals surface area contributed by atoms with Crippen molar-refractivity contribution in [2.24, 2.45) is 0 Å². The van der Waals surface area contributed by atoms with E-state index < -0.39 is 0 Å². The summed E-state index contributed by atoms with van der Waals surface area (Å²) in [4.78, 5) is 30.5. The molecule has 1 aliphatic carbocycles. The monoisotopic (exact) mass is 411 g/mol. The summed E-state index contributed by atoms with van der Waals surface area (Å²) in [5.41, 5.74) is 2.94. The molecule has 1 amide bonds. The molecular weight excluding hydrogens is 386 g/mol. The zero-order valence-corrected chi connectivity index (χ0v) is 17.2. The fourth-order valence-corrected chi connectivity index (χ4v) is 4.72. The van der Waals surface area contributed by atoms with Crippen molar-refractivity contribution in [2.45, 2.75) is 57.7 Å². The van der Waals surface area contributed by atoms with Crippen molar-refractivity contribution in [1.82, 2.24) is 14.9 Å². The van der Waals surface area contributed by atoms with Gasteiger partial charge in [0.2, 0.25) is 5.91 Å². The Labute approximate surface area is 173 Å². The van der Waals surface area contributed by atoms with Gasteiger partial charge in [-0.05, 0) is 38.2 Å². The minimum absolute atomic E-state index is 0.0672. The Morgan fingerprint density at radius 1 is 1.24 bits per heavy atom. The number of carbonyl (C=O) groups is 1. The van der Waals surface area contributed by atoms with Crippen LogP contribution in [-0.4, -0.2) is 32.7 Å². The fraction of sp³-hybridized carbons (Fsp3) is 0.409. The third-order valence-corrected chi connectivity index (χ3v) is 6.45. The molecule has 1 aromatic carbocycles. The quantitative estimate of drug-likeness (QED) is 0.675. The number of carbonyl (C=O) groups excluding carboxylic acids is 1. The Kier molecular flexibility index (Phi) is 5.78. The van der Waals surface area contributed by atoms with Crippen LogP contribution < -0.4 is 10.9 Å². The van der Waals surface area contributed by atoms with Crippen LogP contribution in [0.5, 0.6) is 0 Å². The normalized spacial score (nSPS) is 19.4. The highest BCUT2D eigenvalue weighted by Gasteiger charge is 2.21. The molecule has 0 atom stereocenters. The van der Waals surface area contributed by atoms with Gasteiger partial charge in [-0.3, -0.25) is 14.2 Å². The molecule has 0 unspecified atom stereocenters. The van der Waals surface area contributed by atoms with E-state index in [0.29, 0.717) is 16.8 Å². The number of hydrogen-bond acceptors (Lipinski definition) is 5. The number of aromatic nitrogens is 2. The highest BCUT2D eigenvalue weighted by molar-refractivity contribution is 7.17. The molecule has 29 heavy (non-hydrogen) atoms. The lowest BCUT2D eigenvalue weighted by atomic mass is 9.93. The van der Waals surface area contributed by atoms with Gasteiger partial charge in [0, 0.05) is 30.0 Å². The minimum atomic E-state index is -0.243. The Morgan fingerprint density at radius 3 is 2.69 bits per heavy atom. The van der Waals surface area contributed by atoms with E-state index in [0.717, 1.165) is 36.8 Å². The van der Waals surface area contributed by atoms with Crippen LogP contribution in [0.2, 0.25) is 0 Å². The summed E-state index contributed by atoms with van der Waals surface area (Å²) in [7, 11) is 0. The summed E-state index contributed by atoms with van der Waals surface area (Å²) in [6, 6.07) is 8.21. The molecule has 4 rings (SSSR count). The van der Waals surface area contributed by atoms with Crippen LogP contribution in [0.4, 0.5) is 0 Å². The Balaban J connectivity index is 1.49. The molecular formula is C22H25N3O3S. The molecule has 2 heterocycles. The zero-order chi connectivity index (χ0) is 20.4. The molecule has 1 fully saturated rings. The van der Waals surface area contributed by atoms with Crippen molar-refractivity contribution in [1.29, 1.82) is 0 Å². The second-order valence-corrected chi connectivity index (χ2v) is 8.62. The van der Waals surface area contributed by atoms with Crippen molar-refractivity contribution in [3.63, 3.8) is 0 Å².